The monoisotopic (exact) mass is 321 g/mol. The summed E-state index contributed by atoms with van der Waals surface area (Å²) in [6, 6.07) is 7.31. The minimum Gasteiger partial charge on any atom is -0.591 e. The van der Waals surface area contributed by atoms with E-state index in [9.17, 15) is 4.55 Å². The first-order valence-electron chi connectivity index (χ1n) is 6.41. The van der Waals surface area contributed by atoms with Gasteiger partial charge in [0.05, 0.1) is 5.69 Å². The number of benzene rings is 1. The molecule has 0 aliphatic heterocycles. The van der Waals surface area contributed by atoms with Crippen molar-refractivity contribution in [2.45, 2.75) is 25.5 Å². The Hall–Kier alpha value is -1.43. The first-order chi connectivity index (χ1) is 9.88. The maximum Gasteiger partial charge on any atom is 0.144 e. The van der Waals surface area contributed by atoms with E-state index in [-0.39, 0.29) is 0 Å². The van der Waals surface area contributed by atoms with Crippen LogP contribution in [0.5, 0.6) is 0 Å². The standard InChI is InChI=1S/C15H16ClN3OS/c1-15(2,3)21(20)19-10-13-14(18-9-8-17-13)11-4-6-12(16)7-5-11/h4-10H,1-3H3. The van der Waals surface area contributed by atoms with Gasteiger partial charge >= 0.3 is 0 Å². The Balaban J connectivity index is 2.34. The lowest BCUT2D eigenvalue weighted by molar-refractivity contribution is 0.562. The van der Waals surface area contributed by atoms with Gasteiger partial charge in [-0.3, -0.25) is 9.97 Å². The van der Waals surface area contributed by atoms with Crippen LogP contribution in [-0.2, 0) is 11.4 Å². The molecule has 0 N–H and O–H groups in total. The molecule has 0 saturated carbocycles. The molecule has 0 aliphatic carbocycles. The van der Waals surface area contributed by atoms with Gasteiger partial charge in [0.2, 0.25) is 0 Å². The highest BCUT2D eigenvalue weighted by atomic mass is 35.5. The Morgan fingerprint density at radius 1 is 1.14 bits per heavy atom. The molecule has 1 aromatic heterocycles. The number of halogens is 1. The van der Waals surface area contributed by atoms with Crippen LogP contribution < -0.4 is 0 Å². The highest BCUT2D eigenvalue weighted by molar-refractivity contribution is 7.91. The summed E-state index contributed by atoms with van der Waals surface area (Å²) < 4.78 is 15.7. The van der Waals surface area contributed by atoms with Gasteiger partial charge in [-0.05, 0) is 32.9 Å². The Morgan fingerprint density at radius 2 is 1.76 bits per heavy atom. The fourth-order valence-electron chi connectivity index (χ4n) is 1.53. The molecule has 0 radical (unpaired) electrons. The summed E-state index contributed by atoms with van der Waals surface area (Å²) in [4.78, 5) is 8.58. The Kier molecular flexibility index (Phi) is 4.98. The van der Waals surface area contributed by atoms with Crippen LogP contribution >= 0.6 is 11.6 Å². The van der Waals surface area contributed by atoms with Gasteiger partial charge in [0.25, 0.3) is 0 Å². The quantitative estimate of drug-likeness (QED) is 0.640. The van der Waals surface area contributed by atoms with E-state index in [2.05, 4.69) is 14.4 Å². The molecular weight excluding hydrogens is 306 g/mol. The fourth-order valence-corrected chi connectivity index (χ4v) is 2.17. The molecule has 0 aliphatic rings. The average molecular weight is 322 g/mol. The van der Waals surface area contributed by atoms with Crippen molar-refractivity contribution in [3.63, 3.8) is 0 Å². The summed E-state index contributed by atoms with van der Waals surface area (Å²) >= 11 is 4.56. The molecule has 0 amide bonds. The number of hydrogen-bond donors (Lipinski definition) is 0. The minimum atomic E-state index is -1.33. The average Bonchev–Trinajstić information content (AvgIpc) is 2.45. The van der Waals surface area contributed by atoms with Crippen LogP contribution in [0.1, 0.15) is 26.5 Å². The van der Waals surface area contributed by atoms with Gasteiger partial charge < -0.3 is 4.55 Å². The predicted octanol–water partition coefficient (Wildman–Crippen LogP) is 3.68. The molecule has 6 heteroatoms. The lowest BCUT2D eigenvalue weighted by atomic mass is 10.1. The normalized spacial score (nSPS) is 13.6. The second kappa shape index (κ2) is 6.56. The maximum absolute atomic E-state index is 12.0. The third-order valence-electron chi connectivity index (χ3n) is 2.64. The van der Waals surface area contributed by atoms with E-state index in [1.165, 1.54) is 6.21 Å². The maximum atomic E-state index is 12.0. The van der Waals surface area contributed by atoms with Crippen LogP contribution in [0.3, 0.4) is 0 Å². The van der Waals surface area contributed by atoms with E-state index >= 15 is 0 Å². The van der Waals surface area contributed by atoms with E-state index in [0.29, 0.717) is 16.4 Å². The summed E-state index contributed by atoms with van der Waals surface area (Å²) in [6.45, 7) is 5.62. The van der Waals surface area contributed by atoms with E-state index in [1.54, 1.807) is 24.5 Å². The molecule has 4 nitrogen and oxygen atoms in total. The summed E-state index contributed by atoms with van der Waals surface area (Å²) in [5.74, 6) is 0. The highest BCUT2D eigenvalue weighted by Gasteiger charge is 2.26. The van der Waals surface area contributed by atoms with Gasteiger partial charge in [-0.1, -0.05) is 28.1 Å². The van der Waals surface area contributed by atoms with Crippen LogP contribution in [0.2, 0.25) is 5.02 Å². The van der Waals surface area contributed by atoms with Crippen molar-refractivity contribution in [1.82, 2.24) is 9.97 Å². The number of hydrogen-bond acceptors (Lipinski definition) is 4. The molecule has 0 saturated heterocycles. The van der Waals surface area contributed by atoms with Crippen LogP contribution in [-0.4, -0.2) is 25.5 Å². The second-order valence-electron chi connectivity index (χ2n) is 5.39. The Bertz CT molecular complexity index is 638. The van der Waals surface area contributed by atoms with E-state index in [4.69, 9.17) is 11.6 Å². The zero-order valence-electron chi connectivity index (χ0n) is 12.1. The molecule has 1 unspecified atom stereocenters. The molecule has 110 valence electrons. The van der Waals surface area contributed by atoms with Crippen molar-refractivity contribution in [3.8, 4) is 11.3 Å². The van der Waals surface area contributed by atoms with Crippen LogP contribution in [0.4, 0.5) is 0 Å². The van der Waals surface area contributed by atoms with Gasteiger partial charge in [-0.2, -0.15) is 0 Å². The van der Waals surface area contributed by atoms with Crippen LogP contribution in [0.25, 0.3) is 11.3 Å². The van der Waals surface area contributed by atoms with Gasteiger partial charge in [0.1, 0.15) is 28.0 Å². The lowest BCUT2D eigenvalue weighted by Gasteiger charge is -2.17. The van der Waals surface area contributed by atoms with Gasteiger partial charge in [0, 0.05) is 23.0 Å². The van der Waals surface area contributed by atoms with E-state index in [1.807, 2.05) is 32.9 Å². The zero-order chi connectivity index (χ0) is 15.5. The highest BCUT2D eigenvalue weighted by Crippen LogP contribution is 2.22. The van der Waals surface area contributed by atoms with Gasteiger partial charge in [-0.15, -0.1) is 0 Å². The third-order valence-corrected chi connectivity index (χ3v) is 4.24. The number of aromatic nitrogens is 2. The summed E-state index contributed by atoms with van der Waals surface area (Å²) in [6.07, 6.45) is 4.71. The Labute approximate surface area is 132 Å². The van der Waals surface area contributed by atoms with Crippen molar-refractivity contribution >= 4 is 29.2 Å². The summed E-state index contributed by atoms with van der Waals surface area (Å²) in [5, 5.41) is 0.659. The smallest absolute Gasteiger partial charge is 0.144 e. The Morgan fingerprint density at radius 3 is 2.38 bits per heavy atom. The summed E-state index contributed by atoms with van der Waals surface area (Å²) in [7, 11) is 0. The molecule has 1 aromatic carbocycles. The fraction of sp³-hybridized carbons (Fsp3) is 0.267. The van der Waals surface area contributed by atoms with Crippen molar-refractivity contribution in [2.24, 2.45) is 4.40 Å². The molecule has 2 aromatic rings. The molecule has 0 bridgehead atoms. The number of rotatable bonds is 3. The molecule has 1 atom stereocenters. The molecule has 21 heavy (non-hydrogen) atoms. The molecule has 0 fully saturated rings. The van der Waals surface area contributed by atoms with Gasteiger partial charge in [0.15, 0.2) is 0 Å². The molecule has 2 rings (SSSR count). The van der Waals surface area contributed by atoms with E-state index in [0.717, 1.165) is 5.56 Å². The van der Waals surface area contributed by atoms with Crippen molar-refractivity contribution in [3.05, 3.63) is 47.4 Å². The molecular formula is C15H16ClN3OS. The number of nitrogens with zero attached hydrogens (tertiary/aromatic N) is 3. The van der Waals surface area contributed by atoms with Gasteiger partial charge in [-0.25, -0.2) is 0 Å². The largest absolute Gasteiger partial charge is 0.591 e. The lowest BCUT2D eigenvalue weighted by Crippen LogP contribution is -2.25. The third kappa shape index (κ3) is 4.27. The van der Waals surface area contributed by atoms with Crippen molar-refractivity contribution < 1.29 is 4.55 Å². The van der Waals surface area contributed by atoms with E-state index < -0.39 is 16.1 Å². The second-order valence-corrected chi connectivity index (χ2v) is 7.76. The summed E-state index contributed by atoms with van der Waals surface area (Å²) in [5.41, 5.74) is 2.15. The molecule has 1 heterocycles. The SMILES string of the molecule is CC(C)(C)[S+]([O-])N=Cc1nccnc1-c1ccc(Cl)cc1. The van der Waals surface area contributed by atoms with Crippen LogP contribution in [0, 0.1) is 0 Å². The first kappa shape index (κ1) is 15.9. The van der Waals surface area contributed by atoms with Crippen LogP contribution in [0.15, 0.2) is 41.1 Å². The first-order valence-corrected chi connectivity index (χ1v) is 7.89. The van der Waals surface area contributed by atoms with Crippen molar-refractivity contribution in [1.29, 1.82) is 0 Å². The predicted molar refractivity (Wildman–Crippen MR) is 88.0 cm³/mol. The van der Waals surface area contributed by atoms with Crippen molar-refractivity contribution in [2.75, 3.05) is 0 Å². The molecule has 0 spiro atoms. The minimum absolute atomic E-state index is 0.404. The zero-order valence-corrected chi connectivity index (χ0v) is 13.6. The topological polar surface area (TPSA) is 61.2 Å².